The Bertz CT molecular complexity index is 420. The second-order valence-electron chi connectivity index (χ2n) is 4.00. The van der Waals surface area contributed by atoms with Crippen LogP contribution in [0.1, 0.15) is 18.1 Å². The van der Waals surface area contributed by atoms with Gasteiger partial charge in [0, 0.05) is 6.04 Å². The molecule has 1 amide bonds. The van der Waals surface area contributed by atoms with Gasteiger partial charge in [-0.25, -0.2) is 0 Å². The van der Waals surface area contributed by atoms with Crippen molar-refractivity contribution in [2.24, 2.45) is 0 Å². The molecule has 0 fully saturated rings. The maximum atomic E-state index is 12.5. The average Bonchev–Trinajstić information content (AvgIpc) is 2.27. The molecule has 0 radical (unpaired) electrons. The predicted molar refractivity (Wildman–Crippen MR) is 63.5 cm³/mol. The highest BCUT2D eigenvalue weighted by molar-refractivity contribution is 6.27. The number of nitrogens with one attached hydrogen (secondary N) is 1. The summed E-state index contributed by atoms with van der Waals surface area (Å²) < 4.78 is 37.4. The molecule has 2 nitrogen and oxygen atoms in total. The Labute approximate surface area is 108 Å². The summed E-state index contributed by atoms with van der Waals surface area (Å²) in [5.74, 6) is -0.497. The molecule has 1 aromatic rings. The number of amides is 1. The second kappa shape index (κ2) is 6.09. The van der Waals surface area contributed by atoms with Crippen molar-refractivity contribution in [2.45, 2.75) is 25.6 Å². The van der Waals surface area contributed by atoms with E-state index in [1.54, 1.807) is 13.0 Å². The molecule has 1 unspecified atom stereocenters. The minimum atomic E-state index is -4.35. The van der Waals surface area contributed by atoms with Crippen molar-refractivity contribution in [1.82, 2.24) is 5.32 Å². The van der Waals surface area contributed by atoms with Crippen LogP contribution in [0.15, 0.2) is 24.3 Å². The predicted octanol–water partition coefficient (Wildman–Crippen LogP) is 2.99. The van der Waals surface area contributed by atoms with Gasteiger partial charge < -0.3 is 5.32 Å². The van der Waals surface area contributed by atoms with Gasteiger partial charge >= 0.3 is 6.18 Å². The summed E-state index contributed by atoms with van der Waals surface area (Å²) in [4.78, 5) is 11.0. The fourth-order valence-electron chi connectivity index (χ4n) is 1.59. The lowest BCUT2D eigenvalue weighted by molar-refractivity contribution is -0.137. The normalized spacial score (nSPS) is 13.2. The Morgan fingerprint density at radius 3 is 2.67 bits per heavy atom. The zero-order valence-corrected chi connectivity index (χ0v) is 10.5. The van der Waals surface area contributed by atoms with E-state index in [4.69, 9.17) is 11.6 Å². The summed E-state index contributed by atoms with van der Waals surface area (Å²) >= 11 is 5.32. The molecular formula is C12H13ClF3NO. The van der Waals surface area contributed by atoms with E-state index >= 15 is 0 Å². The highest BCUT2D eigenvalue weighted by atomic mass is 35.5. The van der Waals surface area contributed by atoms with Crippen molar-refractivity contribution in [3.05, 3.63) is 35.4 Å². The third kappa shape index (κ3) is 4.56. The number of carbonyl (C=O) groups excluding carboxylic acids is 1. The van der Waals surface area contributed by atoms with E-state index in [0.717, 1.165) is 12.1 Å². The molecule has 100 valence electrons. The Hall–Kier alpha value is -1.23. The fourth-order valence-corrected chi connectivity index (χ4v) is 1.67. The fraction of sp³-hybridized carbons (Fsp3) is 0.417. The lowest BCUT2D eigenvalue weighted by Gasteiger charge is -2.14. The van der Waals surface area contributed by atoms with Gasteiger partial charge in [0.05, 0.1) is 5.56 Å². The van der Waals surface area contributed by atoms with Gasteiger partial charge in [-0.2, -0.15) is 13.2 Å². The first kappa shape index (κ1) is 14.8. The SMILES string of the molecule is CC(Cc1cccc(C(F)(F)F)c1)NC(=O)CCl. The molecule has 1 rings (SSSR count). The largest absolute Gasteiger partial charge is 0.416 e. The van der Waals surface area contributed by atoms with Crippen LogP contribution in [0.2, 0.25) is 0 Å². The van der Waals surface area contributed by atoms with E-state index in [0.29, 0.717) is 12.0 Å². The van der Waals surface area contributed by atoms with Gasteiger partial charge in [-0.1, -0.05) is 18.2 Å². The zero-order valence-electron chi connectivity index (χ0n) is 9.72. The van der Waals surface area contributed by atoms with Crippen molar-refractivity contribution in [3.8, 4) is 0 Å². The summed E-state index contributed by atoms with van der Waals surface area (Å²) in [5, 5.41) is 2.58. The van der Waals surface area contributed by atoms with Crippen LogP contribution in [0.3, 0.4) is 0 Å². The third-order valence-electron chi connectivity index (χ3n) is 2.32. The quantitative estimate of drug-likeness (QED) is 0.844. The van der Waals surface area contributed by atoms with Gasteiger partial charge in [-0.05, 0) is 25.0 Å². The second-order valence-corrected chi connectivity index (χ2v) is 4.27. The van der Waals surface area contributed by atoms with E-state index in [9.17, 15) is 18.0 Å². The van der Waals surface area contributed by atoms with Gasteiger partial charge in [0.25, 0.3) is 0 Å². The molecule has 0 saturated heterocycles. The highest BCUT2D eigenvalue weighted by Gasteiger charge is 2.30. The van der Waals surface area contributed by atoms with Crippen LogP contribution in [0.25, 0.3) is 0 Å². The Morgan fingerprint density at radius 2 is 2.11 bits per heavy atom. The average molecular weight is 280 g/mol. The van der Waals surface area contributed by atoms with Crippen LogP contribution in [0, 0.1) is 0 Å². The molecule has 0 bridgehead atoms. The van der Waals surface area contributed by atoms with Crippen LogP contribution in [0.4, 0.5) is 13.2 Å². The van der Waals surface area contributed by atoms with Crippen LogP contribution in [-0.2, 0) is 17.4 Å². The Balaban J connectivity index is 2.71. The number of rotatable bonds is 4. The minimum absolute atomic E-state index is 0.160. The summed E-state index contributed by atoms with van der Waals surface area (Å²) in [6, 6.07) is 4.79. The van der Waals surface area contributed by atoms with Crippen molar-refractivity contribution in [1.29, 1.82) is 0 Å². The number of alkyl halides is 4. The summed E-state index contributed by atoms with van der Waals surface area (Å²) in [6.45, 7) is 1.71. The van der Waals surface area contributed by atoms with Gasteiger partial charge in [0.2, 0.25) is 5.91 Å². The van der Waals surface area contributed by atoms with E-state index in [2.05, 4.69) is 5.32 Å². The van der Waals surface area contributed by atoms with Crippen LogP contribution in [-0.4, -0.2) is 17.8 Å². The van der Waals surface area contributed by atoms with Gasteiger partial charge in [0.1, 0.15) is 5.88 Å². The highest BCUT2D eigenvalue weighted by Crippen LogP contribution is 2.29. The van der Waals surface area contributed by atoms with Crippen molar-refractivity contribution < 1.29 is 18.0 Å². The summed E-state index contributed by atoms with van der Waals surface area (Å²) in [6.07, 6.45) is -4.02. The van der Waals surface area contributed by atoms with Crippen molar-refractivity contribution in [3.63, 3.8) is 0 Å². The molecule has 6 heteroatoms. The maximum Gasteiger partial charge on any atom is 0.416 e. The molecule has 18 heavy (non-hydrogen) atoms. The van der Waals surface area contributed by atoms with Crippen LogP contribution in [0.5, 0.6) is 0 Å². The third-order valence-corrected chi connectivity index (χ3v) is 2.57. The maximum absolute atomic E-state index is 12.5. The smallest absolute Gasteiger partial charge is 0.352 e. The van der Waals surface area contributed by atoms with E-state index in [1.165, 1.54) is 6.07 Å². The van der Waals surface area contributed by atoms with Gasteiger partial charge in [-0.3, -0.25) is 4.79 Å². The molecule has 0 heterocycles. The zero-order chi connectivity index (χ0) is 13.8. The van der Waals surface area contributed by atoms with Crippen molar-refractivity contribution in [2.75, 3.05) is 5.88 Å². The molecule has 0 spiro atoms. The first-order valence-corrected chi connectivity index (χ1v) is 5.88. The summed E-state index contributed by atoms with van der Waals surface area (Å²) in [5.41, 5.74) is -0.164. The monoisotopic (exact) mass is 279 g/mol. The number of benzene rings is 1. The molecule has 0 aliphatic rings. The number of hydrogen-bond acceptors (Lipinski definition) is 1. The first-order chi connectivity index (χ1) is 8.32. The van der Waals surface area contributed by atoms with Crippen LogP contribution >= 0.6 is 11.6 Å². The Kier molecular flexibility index (Phi) is 5.02. The molecule has 0 aliphatic heterocycles. The van der Waals surface area contributed by atoms with Gasteiger partial charge in [0.15, 0.2) is 0 Å². The lowest BCUT2D eigenvalue weighted by Crippen LogP contribution is -2.34. The molecule has 0 saturated carbocycles. The number of hydrogen-bond donors (Lipinski definition) is 1. The summed E-state index contributed by atoms with van der Waals surface area (Å²) in [7, 11) is 0. The molecule has 0 aromatic heterocycles. The topological polar surface area (TPSA) is 29.1 Å². The first-order valence-electron chi connectivity index (χ1n) is 5.34. The van der Waals surface area contributed by atoms with E-state index < -0.39 is 11.7 Å². The molecule has 1 aromatic carbocycles. The Morgan fingerprint density at radius 1 is 1.44 bits per heavy atom. The standard InChI is InChI=1S/C12H13ClF3NO/c1-8(17-11(18)7-13)5-9-3-2-4-10(6-9)12(14,15)16/h2-4,6,8H,5,7H2,1H3,(H,17,18). The minimum Gasteiger partial charge on any atom is -0.352 e. The van der Waals surface area contributed by atoms with Crippen LogP contribution < -0.4 is 5.32 Å². The lowest BCUT2D eigenvalue weighted by atomic mass is 10.0. The number of halogens is 4. The number of carbonyl (C=O) groups is 1. The van der Waals surface area contributed by atoms with E-state index in [-0.39, 0.29) is 17.8 Å². The molecule has 1 N–H and O–H groups in total. The molecular weight excluding hydrogens is 267 g/mol. The van der Waals surface area contributed by atoms with Gasteiger partial charge in [-0.15, -0.1) is 11.6 Å². The molecule has 0 aliphatic carbocycles. The van der Waals surface area contributed by atoms with Crippen molar-refractivity contribution >= 4 is 17.5 Å². The molecule has 1 atom stereocenters. The van der Waals surface area contributed by atoms with E-state index in [1.807, 2.05) is 0 Å².